The van der Waals surface area contributed by atoms with E-state index in [1.807, 2.05) is 86.8 Å². The summed E-state index contributed by atoms with van der Waals surface area (Å²) >= 11 is 6.06. The molecule has 0 aliphatic heterocycles. The molecular formula is C29H29ClN4O3. The molecule has 0 saturated carbocycles. The molecule has 0 aliphatic carbocycles. The van der Waals surface area contributed by atoms with Crippen molar-refractivity contribution in [2.75, 3.05) is 19.0 Å². The van der Waals surface area contributed by atoms with Gasteiger partial charge >= 0.3 is 0 Å². The van der Waals surface area contributed by atoms with E-state index >= 15 is 0 Å². The lowest BCUT2D eigenvalue weighted by Gasteiger charge is -2.24. The van der Waals surface area contributed by atoms with Gasteiger partial charge in [-0.25, -0.2) is 4.98 Å². The van der Waals surface area contributed by atoms with Crippen molar-refractivity contribution in [2.24, 2.45) is 5.92 Å². The number of nitrogens with one attached hydrogen (secondary N) is 1. The number of carbonyl (C=O) groups is 2. The fourth-order valence-corrected chi connectivity index (χ4v) is 4.03. The van der Waals surface area contributed by atoms with Crippen molar-refractivity contribution in [3.8, 4) is 22.7 Å². The van der Waals surface area contributed by atoms with Crippen LogP contribution in [-0.2, 0) is 16.1 Å². The number of hydrogen-bond donors (Lipinski definition) is 1. The molecule has 37 heavy (non-hydrogen) atoms. The number of aromatic nitrogens is 2. The average Bonchev–Trinajstić information content (AvgIpc) is 3.32. The Balaban J connectivity index is 1.63. The molecule has 190 valence electrons. The van der Waals surface area contributed by atoms with E-state index in [0.717, 1.165) is 16.8 Å². The molecule has 0 saturated heterocycles. The van der Waals surface area contributed by atoms with Gasteiger partial charge in [-0.2, -0.15) is 0 Å². The molecule has 0 aliphatic rings. The van der Waals surface area contributed by atoms with Crippen LogP contribution in [0, 0.1) is 5.92 Å². The zero-order valence-corrected chi connectivity index (χ0v) is 21.8. The van der Waals surface area contributed by atoms with E-state index in [1.54, 1.807) is 28.7 Å². The van der Waals surface area contributed by atoms with Gasteiger partial charge in [0.05, 0.1) is 18.5 Å². The molecule has 4 rings (SSSR count). The van der Waals surface area contributed by atoms with Crippen LogP contribution in [0.25, 0.3) is 16.9 Å². The lowest BCUT2D eigenvalue weighted by molar-refractivity contribution is -0.138. The number of halogens is 1. The minimum atomic E-state index is -0.345. The second kappa shape index (κ2) is 11.8. The quantitative estimate of drug-likeness (QED) is 0.304. The predicted molar refractivity (Wildman–Crippen MR) is 146 cm³/mol. The van der Waals surface area contributed by atoms with E-state index in [9.17, 15) is 9.59 Å². The molecule has 0 spiro atoms. The Morgan fingerprint density at radius 2 is 1.76 bits per heavy atom. The van der Waals surface area contributed by atoms with Gasteiger partial charge < -0.3 is 9.64 Å². The van der Waals surface area contributed by atoms with Gasteiger partial charge in [-0.1, -0.05) is 74.0 Å². The van der Waals surface area contributed by atoms with Crippen LogP contribution in [0.3, 0.4) is 0 Å². The molecule has 1 heterocycles. The highest BCUT2D eigenvalue weighted by molar-refractivity contribution is 6.30. The van der Waals surface area contributed by atoms with Gasteiger partial charge in [0.1, 0.15) is 12.3 Å². The number of methoxy groups -OCH3 is 1. The van der Waals surface area contributed by atoms with Crippen LogP contribution in [-0.4, -0.2) is 39.9 Å². The van der Waals surface area contributed by atoms with Gasteiger partial charge in [0.15, 0.2) is 0 Å². The zero-order valence-electron chi connectivity index (χ0n) is 21.0. The Hall–Kier alpha value is -4.10. The number of anilines is 1. The van der Waals surface area contributed by atoms with Gasteiger partial charge in [-0.3, -0.25) is 19.5 Å². The van der Waals surface area contributed by atoms with E-state index in [0.29, 0.717) is 29.0 Å². The summed E-state index contributed by atoms with van der Waals surface area (Å²) in [7, 11) is 1.60. The summed E-state index contributed by atoms with van der Waals surface area (Å²) in [5, 5.41) is 3.53. The summed E-state index contributed by atoms with van der Waals surface area (Å²) in [6, 6.07) is 24.4. The average molecular weight is 517 g/mol. The van der Waals surface area contributed by atoms with E-state index in [4.69, 9.17) is 21.3 Å². The summed E-state index contributed by atoms with van der Waals surface area (Å²) in [5.74, 6) is 0.319. The molecule has 0 unspecified atom stereocenters. The Bertz CT molecular complexity index is 1370. The van der Waals surface area contributed by atoms with Crippen LogP contribution in [0.2, 0.25) is 5.02 Å². The third kappa shape index (κ3) is 6.57. The number of carbonyl (C=O) groups excluding carboxylic acids is 2. The second-order valence-corrected chi connectivity index (χ2v) is 9.35. The fourth-order valence-electron chi connectivity index (χ4n) is 3.90. The number of amides is 2. The molecule has 8 heteroatoms. The maximum absolute atomic E-state index is 13.2. The third-order valence-electron chi connectivity index (χ3n) is 5.78. The summed E-state index contributed by atoms with van der Waals surface area (Å²) in [6.07, 6.45) is 1.84. The molecular weight excluding hydrogens is 488 g/mol. The highest BCUT2D eigenvalue weighted by Crippen LogP contribution is 2.27. The van der Waals surface area contributed by atoms with Crippen molar-refractivity contribution in [1.82, 2.24) is 14.5 Å². The Morgan fingerprint density at radius 3 is 2.43 bits per heavy atom. The molecule has 0 bridgehead atoms. The maximum Gasteiger partial charge on any atom is 0.246 e. The summed E-state index contributed by atoms with van der Waals surface area (Å²) in [6.45, 7) is 3.89. The lowest BCUT2D eigenvalue weighted by atomic mass is 10.1. The first kappa shape index (κ1) is 26.0. The Kier molecular flexibility index (Phi) is 8.25. The Labute approximate surface area is 221 Å². The summed E-state index contributed by atoms with van der Waals surface area (Å²) in [4.78, 5) is 32.4. The van der Waals surface area contributed by atoms with Crippen LogP contribution >= 0.6 is 11.6 Å². The monoisotopic (exact) mass is 516 g/mol. The predicted octanol–water partition coefficient (Wildman–Crippen LogP) is 5.82. The van der Waals surface area contributed by atoms with E-state index in [1.165, 1.54) is 0 Å². The lowest BCUT2D eigenvalue weighted by Crippen LogP contribution is -2.40. The second-order valence-electron chi connectivity index (χ2n) is 8.91. The van der Waals surface area contributed by atoms with Crippen LogP contribution in [0.4, 0.5) is 5.95 Å². The molecule has 7 nitrogen and oxygen atoms in total. The zero-order chi connectivity index (χ0) is 26.4. The van der Waals surface area contributed by atoms with Gasteiger partial charge in [0, 0.05) is 35.3 Å². The van der Waals surface area contributed by atoms with E-state index in [2.05, 4.69) is 5.32 Å². The van der Waals surface area contributed by atoms with E-state index < -0.39 is 0 Å². The first-order chi connectivity index (χ1) is 17.8. The number of nitrogens with zero attached hydrogens (tertiary/aromatic N) is 3. The first-order valence-corrected chi connectivity index (χ1v) is 12.3. The standard InChI is InChI=1S/C29H29ClN4O3/c1-20(2)28(36)33(17-21-8-5-4-6-9-21)19-27(35)32-29-31-26(22-12-14-23(30)15-13-22)18-34(29)24-10-7-11-25(16-24)37-3/h4-16,18,20H,17,19H2,1-3H3,(H,31,32,35). The molecule has 1 aromatic heterocycles. The fraction of sp³-hybridized carbons (Fsp3) is 0.207. The van der Waals surface area contributed by atoms with E-state index in [-0.39, 0.29) is 24.3 Å². The van der Waals surface area contributed by atoms with Crippen LogP contribution in [0.1, 0.15) is 19.4 Å². The van der Waals surface area contributed by atoms with Gasteiger partial charge in [-0.05, 0) is 29.8 Å². The van der Waals surface area contributed by atoms with Crippen molar-refractivity contribution in [2.45, 2.75) is 20.4 Å². The summed E-state index contributed by atoms with van der Waals surface area (Å²) < 4.78 is 7.17. The van der Waals surface area contributed by atoms with Crippen LogP contribution in [0.15, 0.2) is 85.1 Å². The maximum atomic E-state index is 13.2. The van der Waals surface area contributed by atoms with Crippen molar-refractivity contribution in [1.29, 1.82) is 0 Å². The largest absolute Gasteiger partial charge is 0.497 e. The highest BCUT2D eigenvalue weighted by atomic mass is 35.5. The van der Waals surface area contributed by atoms with Crippen molar-refractivity contribution < 1.29 is 14.3 Å². The number of ether oxygens (including phenoxy) is 1. The highest BCUT2D eigenvalue weighted by Gasteiger charge is 2.22. The van der Waals surface area contributed by atoms with Gasteiger partial charge in [0.25, 0.3) is 0 Å². The minimum Gasteiger partial charge on any atom is -0.497 e. The van der Waals surface area contributed by atoms with Gasteiger partial charge in [0.2, 0.25) is 17.8 Å². The van der Waals surface area contributed by atoms with Crippen molar-refractivity contribution in [3.63, 3.8) is 0 Å². The number of rotatable bonds is 9. The minimum absolute atomic E-state index is 0.100. The van der Waals surface area contributed by atoms with Crippen LogP contribution in [0.5, 0.6) is 5.75 Å². The first-order valence-electron chi connectivity index (χ1n) is 12.0. The number of imidazole rings is 1. The molecule has 3 aromatic carbocycles. The normalized spacial score (nSPS) is 10.8. The van der Waals surface area contributed by atoms with Crippen molar-refractivity contribution in [3.05, 3.63) is 95.6 Å². The smallest absolute Gasteiger partial charge is 0.246 e. The molecule has 0 radical (unpaired) electrons. The topological polar surface area (TPSA) is 76.5 Å². The molecule has 2 amide bonds. The summed E-state index contributed by atoms with van der Waals surface area (Å²) in [5.41, 5.74) is 3.23. The number of benzene rings is 3. The molecule has 4 aromatic rings. The SMILES string of the molecule is COc1cccc(-n2cc(-c3ccc(Cl)cc3)nc2NC(=O)CN(Cc2ccccc2)C(=O)C(C)C)c1. The molecule has 0 atom stereocenters. The Morgan fingerprint density at radius 1 is 1.03 bits per heavy atom. The number of hydrogen-bond acceptors (Lipinski definition) is 4. The molecule has 0 fully saturated rings. The van der Waals surface area contributed by atoms with Gasteiger partial charge in [-0.15, -0.1) is 0 Å². The third-order valence-corrected chi connectivity index (χ3v) is 6.04. The van der Waals surface area contributed by atoms with Crippen molar-refractivity contribution >= 4 is 29.4 Å². The van der Waals surface area contributed by atoms with Crippen LogP contribution < -0.4 is 10.1 Å². The molecule has 1 N–H and O–H groups in total.